The van der Waals surface area contributed by atoms with Crippen molar-refractivity contribution in [1.82, 2.24) is 10.2 Å². The number of thioether (sulfide) groups is 1. The van der Waals surface area contributed by atoms with Crippen LogP contribution in [0, 0.1) is 17.3 Å². The predicted octanol–water partition coefficient (Wildman–Crippen LogP) is 3.81. The van der Waals surface area contributed by atoms with Gasteiger partial charge in [-0.25, -0.2) is 0 Å². The Morgan fingerprint density at radius 3 is 2.84 bits per heavy atom. The molecular formula is C14H25N3S2. The Bertz CT molecular complexity index is 378. The van der Waals surface area contributed by atoms with Crippen LogP contribution in [-0.4, -0.2) is 22.0 Å². The van der Waals surface area contributed by atoms with Crippen LogP contribution in [0.5, 0.6) is 0 Å². The fourth-order valence-electron chi connectivity index (χ4n) is 2.95. The molecule has 108 valence electrons. The maximum atomic E-state index is 5.96. The lowest BCUT2D eigenvalue weighted by Crippen LogP contribution is -2.37. The molecule has 0 saturated heterocycles. The highest BCUT2D eigenvalue weighted by atomic mass is 32.2. The first-order chi connectivity index (χ1) is 9.06. The molecule has 1 fully saturated rings. The van der Waals surface area contributed by atoms with E-state index in [9.17, 15) is 0 Å². The topological polar surface area (TPSA) is 51.8 Å². The maximum Gasteiger partial charge on any atom is 0.174 e. The van der Waals surface area contributed by atoms with Crippen molar-refractivity contribution in [2.24, 2.45) is 23.0 Å². The Kier molecular flexibility index (Phi) is 5.26. The van der Waals surface area contributed by atoms with Crippen molar-refractivity contribution >= 4 is 23.1 Å². The van der Waals surface area contributed by atoms with Gasteiger partial charge in [0.25, 0.3) is 0 Å². The summed E-state index contributed by atoms with van der Waals surface area (Å²) in [5.74, 6) is 1.45. The molecule has 1 aromatic rings. The Hall–Kier alpha value is -0.130. The van der Waals surface area contributed by atoms with Crippen LogP contribution in [0.25, 0.3) is 0 Å². The van der Waals surface area contributed by atoms with E-state index in [2.05, 4.69) is 31.0 Å². The summed E-state index contributed by atoms with van der Waals surface area (Å²) in [7, 11) is 0. The van der Waals surface area contributed by atoms with Crippen LogP contribution in [0.15, 0.2) is 9.85 Å². The van der Waals surface area contributed by atoms with Crippen molar-refractivity contribution in [3.8, 4) is 0 Å². The van der Waals surface area contributed by atoms with Gasteiger partial charge in [0.15, 0.2) is 4.34 Å². The highest BCUT2D eigenvalue weighted by Crippen LogP contribution is 2.46. The summed E-state index contributed by atoms with van der Waals surface area (Å²) in [6, 6.07) is 0. The molecule has 0 aliphatic heterocycles. The van der Waals surface area contributed by atoms with Crippen LogP contribution < -0.4 is 5.73 Å². The minimum Gasteiger partial charge on any atom is -0.330 e. The third kappa shape index (κ3) is 3.70. The zero-order valence-corrected chi connectivity index (χ0v) is 13.8. The molecule has 1 heterocycles. The first-order valence-corrected chi connectivity index (χ1v) is 8.95. The van der Waals surface area contributed by atoms with Crippen molar-refractivity contribution in [3.63, 3.8) is 0 Å². The molecule has 19 heavy (non-hydrogen) atoms. The number of aromatic nitrogens is 2. The Labute approximate surface area is 124 Å². The second kappa shape index (κ2) is 6.55. The highest BCUT2D eigenvalue weighted by molar-refractivity contribution is 8.01. The summed E-state index contributed by atoms with van der Waals surface area (Å²) in [6.07, 6.45) is 5.12. The largest absolute Gasteiger partial charge is 0.330 e. The van der Waals surface area contributed by atoms with E-state index < -0.39 is 0 Å². The zero-order valence-electron chi connectivity index (χ0n) is 12.1. The van der Waals surface area contributed by atoms with Crippen LogP contribution in [0.1, 0.15) is 46.5 Å². The SMILES string of the molecule is CCC(C)(C)C1CCC(CN)C(Sc2nncs2)C1. The van der Waals surface area contributed by atoms with Crippen LogP contribution in [-0.2, 0) is 0 Å². The summed E-state index contributed by atoms with van der Waals surface area (Å²) in [5, 5.41) is 8.73. The predicted molar refractivity (Wildman–Crippen MR) is 83.5 cm³/mol. The van der Waals surface area contributed by atoms with Gasteiger partial charge in [-0.15, -0.1) is 10.2 Å². The number of hydrogen-bond donors (Lipinski definition) is 1. The standard InChI is InChI=1S/C14H25N3S2/c1-4-14(2,3)11-6-5-10(8-15)12(7-11)19-13-17-16-9-18-13/h9-12H,4-8,15H2,1-3H3. The number of rotatable bonds is 5. The summed E-state index contributed by atoms with van der Waals surface area (Å²) in [5.41, 5.74) is 8.22. The molecule has 0 aromatic carbocycles. The zero-order chi connectivity index (χ0) is 13.9. The van der Waals surface area contributed by atoms with E-state index >= 15 is 0 Å². The minimum atomic E-state index is 0.444. The van der Waals surface area contributed by atoms with E-state index in [0.29, 0.717) is 16.6 Å². The third-order valence-corrected chi connectivity index (χ3v) is 7.06. The van der Waals surface area contributed by atoms with Gasteiger partial charge >= 0.3 is 0 Å². The molecule has 1 aliphatic carbocycles. The fraction of sp³-hybridized carbons (Fsp3) is 0.857. The van der Waals surface area contributed by atoms with Crippen LogP contribution in [0.4, 0.5) is 0 Å². The normalized spacial score (nSPS) is 28.5. The van der Waals surface area contributed by atoms with Gasteiger partial charge in [-0.2, -0.15) is 0 Å². The van der Waals surface area contributed by atoms with Crippen LogP contribution >= 0.6 is 23.1 Å². The van der Waals surface area contributed by atoms with Gasteiger partial charge in [0.05, 0.1) is 0 Å². The number of nitrogens with zero attached hydrogens (tertiary/aromatic N) is 2. The molecule has 1 aliphatic rings. The van der Waals surface area contributed by atoms with Crippen LogP contribution in [0.2, 0.25) is 0 Å². The van der Waals surface area contributed by atoms with E-state index in [0.717, 1.165) is 16.8 Å². The van der Waals surface area contributed by atoms with Gasteiger partial charge in [-0.05, 0) is 43.1 Å². The molecule has 0 bridgehead atoms. The van der Waals surface area contributed by atoms with Gasteiger partial charge in [0.1, 0.15) is 5.51 Å². The van der Waals surface area contributed by atoms with Crippen molar-refractivity contribution in [1.29, 1.82) is 0 Å². The van der Waals surface area contributed by atoms with E-state index in [1.165, 1.54) is 25.7 Å². The molecule has 1 aromatic heterocycles. The third-order valence-electron chi connectivity index (χ3n) is 4.84. The van der Waals surface area contributed by atoms with E-state index in [1.807, 2.05) is 17.3 Å². The summed E-state index contributed by atoms with van der Waals surface area (Å²) in [4.78, 5) is 0. The second-order valence-corrected chi connectivity index (χ2v) is 8.53. The molecule has 3 unspecified atom stereocenters. The van der Waals surface area contributed by atoms with E-state index in [1.54, 1.807) is 11.3 Å². The molecule has 3 atom stereocenters. The molecule has 3 nitrogen and oxygen atoms in total. The Morgan fingerprint density at radius 2 is 2.26 bits per heavy atom. The van der Waals surface area contributed by atoms with Crippen molar-refractivity contribution < 1.29 is 0 Å². The minimum absolute atomic E-state index is 0.444. The number of nitrogens with two attached hydrogens (primary N) is 1. The molecule has 2 N–H and O–H groups in total. The smallest absolute Gasteiger partial charge is 0.174 e. The summed E-state index contributed by atoms with van der Waals surface area (Å²) in [6.45, 7) is 7.93. The monoisotopic (exact) mass is 299 g/mol. The van der Waals surface area contributed by atoms with Crippen molar-refractivity contribution in [2.75, 3.05) is 6.54 Å². The van der Waals surface area contributed by atoms with Crippen LogP contribution in [0.3, 0.4) is 0 Å². The number of hydrogen-bond acceptors (Lipinski definition) is 5. The maximum absolute atomic E-state index is 5.96. The quantitative estimate of drug-likeness (QED) is 0.898. The lowest BCUT2D eigenvalue weighted by molar-refractivity contribution is 0.134. The molecule has 5 heteroatoms. The highest BCUT2D eigenvalue weighted by Gasteiger charge is 2.37. The average molecular weight is 300 g/mol. The summed E-state index contributed by atoms with van der Waals surface area (Å²) < 4.78 is 1.10. The Balaban J connectivity index is 2.04. The van der Waals surface area contributed by atoms with Gasteiger partial charge in [0, 0.05) is 5.25 Å². The molecular weight excluding hydrogens is 274 g/mol. The first kappa shape index (κ1) is 15.3. The van der Waals surface area contributed by atoms with Gasteiger partial charge in [-0.3, -0.25) is 0 Å². The van der Waals surface area contributed by atoms with Gasteiger partial charge in [0.2, 0.25) is 0 Å². The van der Waals surface area contributed by atoms with Gasteiger partial charge in [-0.1, -0.05) is 50.3 Å². The molecule has 1 saturated carbocycles. The molecule has 2 rings (SSSR count). The van der Waals surface area contributed by atoms with Gasteiger partial charge < -0.3 is 5.73 Å². The molecule has 0 spiro atoms. The molecule has 0 amide bonds. The first-order valence-electron chi connectivity index (χ1n) is 7.19. The van der Waals surface area contributed by atoms with Crippen molar-refractivity contribution in [3.05, 3.63) is 5.51 Å². The lowest BCUT2D eigenvalue weighted by atomic mass is 9.67. The Morgan fingerprint density at radius 1 is 1.47 bits per heavy atom. The average Bonchev–Trinajstić information content (AvgIpc) is 2.91. The molecule has 0 radical (unpaired) electrons. The fourth-order valence-corrected chi connectivity index (χ4v) is 5.07. The van der Waals surface area contributed by atoms with E-state index in [-0.39, 0.29) is 0 Å². The lowest BCUT2D eigenvalue weighted by Gasteiger charge is -2.42. The summed E-state index contributed by atoms with van der Waals surface area (Å²) >= 11 is 3.54. The van der Waals surface area contributed by atoms with Crippen molar-refractivity contribution in [2.45, 2.75) is 56.0 Å². The van der Waals surface area contributed by atoms with E-state index in [4.69, 9.17) is 5.73 Å². The second-order valence-electron chi connectivity index (χ2n) is 6.21.